The van der Waals surface area contributed by atoms with Crippen LogP contribution in [-0.4, -0.2) is 23.6 Å². The number of rotatable bonds is 6. The van der Waals surface area contributed by atoms with Gasteiger partial charge in [-0.3, -0.25) is 4.79 Å². The maximum absolute atomic E-state index is 12.5. The van der Waals surface area contributed by atoms with E-state index in [-0.39, 0.29) is 17.8 Å². The smallest absolute Gasteiger partial charge is 0.330 e. The van der Waals surface area contributed by atoms with Gasteiger partial charge >= 0.3 is 5.97 Å². The minimum Gasteiger partial charge on any atom is -0.463 e. The third-order valence-corrected chi connectivity index (χ3v) is 3.51. The zero-order valence-corrected chi connectivity index (χ0v) is 14.8. The molecule has 0 radical (unpaired) electrons. The lowest BCUT2D eigenvalue weighted by atomic mass is 10.0. The van der Waals surface area contributed by atoms with Crippen molar-refractivity contribution in [3.8, 4) is 0 Å². The second-order valence-electron chi connectivity index (χ2n) is 5.82. The number of carbonyl (C=O) groups excluding carboxylic acids is 2. The molecule has 1 heterocycles. The summed E-state index contributed by atoms with van der Waals surface area (Å²) in [5.41, 5.74) is 2.51. The van der Waals surface area contributed by atoms with Crippen molar-refractivity contribution in [3.05, 3.63) is 52.9 Å². The number of ether oxygens (including phenoxy) is 1. The summed E-state index contributed by atoms with van der Waals surface area (Å²) >= 11 is 0. The number of aryl methyl sites for hydroxylation is 1. The molecule has 1 amide bonds. The van der Waals surface area contributed by atoms with E-state index in [0.29, 0.717) is 29.3 Å². The predicted molar refractivity (Wildman–Crippen MR) is 95.4 cm³/mol. The van der Waals surface area contributed by atoms with Gasteiger partial charge in [-0.15, -0.1) is 0 Å². The Morgan fingerprint density at radius 1 is 1.28 bits per heavy atom. The Kier molecular flexibility index (Phi) is 6.11. The first-order chi connectivity index (χ1) is 11.9. The number of esters is 1. The monoisotopic (exact) mass is 342 g/mol. The summed E-state index contributed by atoms with van der Waals surface area (Å²) in [6, 6.07) is 7.13. The van der Waals surface area contributed by atoms with Crippen LogP contribution in [0.5, 0.6) is 0 Å². The zero-order valence-electron chi connectivity index (χ0n) is 14.8. The average Bonchev–Trinajstić information content (AvgIpc) is 2.96. The number of amides is 1. The molecule has 2 rings (SSSR count). The maximum Gasteiger partial charge on any atom is 0.330 e. The lowest BCUT2D eigenvalue weighted by molar-refractivity contribution is -0.137. The van der Waals surface area contributed by atoms with Gasteiger partial charge in [-0.1, -0.05) is 31.1 Å². The summed E-state index contributed by atoms with van der Waals surface area (Å²) in [5.74, 6) is 0.00243. The molecule has 132 valence electrons. The van der Waals surface area contributed by atoms with Crippen LogP contribution >= 0.6 is 0 Å². The number of aromatic nitrogens is 1. The van der Waals surface area contributed by atoms with Crippen LogP contribution in [-0.2, 0) is 9.53 Å². The van der Waals surface area contributed by atoms with Gasteiger partial charge in [0.15, 0.2) is 5.76 Å². The number of nitrogens with one attached hydrogen (secondary N) is 1. The Labute approximate surface area is 146 Å². The van der Waals surface area contributed by atoms with Crippen LogP contribution in [0.2, 0.25) is 0 Å². The fraction of sp³-hybridized carbons (Fsp3) is 0.316. The Hall–Kier alpha value is -2.89. The number of hydrogen-bond acceptors (Lipinski definition) is 5. The first-order valence-electron chi connectivity index (χ1n) is 8.14. The van der Waals surface area contributed by atoms with Gasteiger partial charge in [-0.25, -0.2) is 4.79 Å². The van der Waals surface area contributed by atoms with Crippen LogP contribution in [0.1, 0.15) is 54.1 Å². The molecule has 1 aromatic heterocycles. The first kappa shape index (κ1) is 18.4. The Bertz CT molecular complexity index is 773. The van der Waals surface area contributed by atoms with Crippen LogP contribution in [0.15, 0.2) is 34.9 Å². The van der Waals surface area contributed by atoms with E-state index < -0.39 is 0 Å². The SMILES string of the molecule is CCOC(=O)/C=C/c1ccc(NC(=O)c2c(C)noc2C(C)C)cc1. The molecule has 0 bridgehead atoms. The second-order valence-corrected chi connectivity index (χ2v) is 5.82. The van der Waals surface area contributed by atoms with E-state index in [9.17, 15) is 9.59 Å². The van der Waals surface area contributed by atoms with Crippen molar-refractivity contribution in [2.24, 2.45) is 0 Å². The number of anilines is 1. The van der Waals surface area contributed by atoms with Crippen molar-refractivity contribution < 1.29 is 18.8 Å². The van der Waals surface area contributed by atoms with E-state index in [2.05, 4.69) is 10.5 Å². The molecular weight excluding hydrogens is 320 g/mol. The van der Waals surface area contributed by atoms with Gasteiger partial charge in [0, 0.05) is 17.7 Å². The number of hydrogen-bond donors (Lipinski definition) is 1. The van der Waals surface area contributed by atoms with Crippen LogP contribution in [0.3, 0.4) is 0 Å². The second kappa shape index (κ2) is 8.28. The Morgan fingerprint density at radius 3 is 2.56 bits per heavy atom. The van der Waals surface area contributed by atoms with Crippen molar-refractivity contribution in [2.75, 3.05) is 11.9 Å². The van der Waals surface area contributed by atoms with Gasteiger partial charge in [-0.2, -0.15) is 0 Å². The Balaban J connectivity index is 2.08. The molecule has 0 saturated heterocycles. The molecule has 0 spiro atoms. The van der Waals surface area contributed by atoms with Gasteiger partial charge in [-0.05, 0) is 37.6 Å². The lowest BCUT2D eigenvalue weighted by Crippen LogP contribution is -2.14. The minimum absolute atomic E-state index is 0.0670. The molecule has 6 nitrogen and oxygen atoms in total. The van der Waals surface area contributed by atoms with Crippen molar-refractivity contribution in [2.45, 2.75) is 33.6 Å². The van der Waals surface area contributed by atoms with Crippen molar-refractivity contribution in [1.82, 2.24) is 5.16 Å². The number of nitrogens with zero attached hydrogens (tertiary/aromatic N) is 1. The summed E-state index contributed by atoms with van der Waals surface area (Å²) in [6.07, 6.45) is 3.02. The molecule has 0 fully saturated rings. The molecule has 1 aromatic carbocycles. The molecule has 0 aliphatic rings. The highest BCUT2D eigenvalue weighted by Gasteiger charge is 2.22. The molecule has 2 aromatic rings. The van der Waals surface area contributed by atoms with Gasteiger partial charge < -0.3 is 14.6 Å². The van der Waals surface area contributed by atoms with Crippen LogP contribution < -0.4 is 5.32 Å². The number of benzene rings is 1. The van der Waals surface area contributed by atoms with Crippen LogP contribution in [0.25, 0.3) is 6.08 Å². The van der Waals surface area contributed by atoms with Crippen LogP contribution in [0, 0.1) is 6.92 Å². The van der Waals surface area contributed by atoms with E-state index in [4.69, 9.17) is 9.26 Å². The Morgan fingerprint density at radius 2 is 1.96 bits per heavy atom. The summed E-state index contributed by atoms with van der Waals surface area (Å²) in [7, 11) is 0. The van der Waals surface area contributed by atoms with Crippen molar-refractivity contribution in [3.63, 3.8) is 0 Å². The molecular formula is C19H22N2O4. The quantitative estimate of drug-likeness (QED) is 0.635. The highest BCUT2D eigenvalue weighted by molar-refractivity contribution is 6.05. The summed E-state index contributed by atoms with van der Waals surface area (Å²) < 4.78 is 10.1. The molecule has 0 aliphatic carbocycles. The normalized spacial score (nSPS) is 11.1. The molecule has 0 saturated carbocycles. The van der Waals surface area contributed by atoms with Gasteiger partial charge in [0.05, 0.1) is 12.3 Å². The van der Waals surface area contributed by atoms with Crippen LogP contribution in [0.4, 0.5) is 5.69 Å². The minimum atomic E-state index is -0.385. The highest BCUT2D eigenvalue weighted by Crippen LogP contribution is 2.23. The zero-order chi connectivity index (χ0) is 18.4. The largest absolute Gasteiger partial charge is 0.463 e. The van der Waals surface area contributed by atoms with E-state index in [1.165, 1.54) is 6.08 Å². The molecule has 0 aliphatic heterocycles. The van der Waals surface area contributed by atoms with Gasteiger partial charge in [0.2, 0.25) is 0 Å². The number of carbonyl (C=O) groups is 2. The molecule has 1 N–H and O–H groups in total. The third-order valence-electron chi connectivity index (χ3n) is 3.51. The first-order valence-corrected chi connectivity index (χ1v) is 8.14. The fourth-order valence-corrected chi connectivity index (χ4v) is 2.28. The van der Waals surface area contributed by atoms with Gasteiger partial charge in [0.1, 0.15) is 5.56 Å². The summed E-state index contributed by atoms with van der Waals surface area (Å²) in [5, 5.41) is 6.72. The molecule has 6 heteroatoms. The van der Waals surface area contributed by atoms with Gasteiger partial charge in [0.25, 0.3) is 5.91 Å². The van der Waals surface area contributed by atoms with E-state index in [1.807, 2.05) is 13.8 Å². The van der Waals surface area contributed by atoms with E-state index in [0.717, 1.165) is 5.56 Å². The van der Waals surface area contributed by atoms with Crippen molar-refractivity contribution in [1.29, 1.82) is 0 Å². The van der Waals surface area contributed by atoms with Crippen molar-refractivity contribution >= 4 is 23.6 Å². The molecule has 0 unspecified atom stereocenters. The summed E-state index contributed by atoms with van der Waals surface area (Å²) in [4.78, 5) is 23.8. The van der Waals surface area contributed by atoms with E-state index >= 15 is 0 Å². The third kappa shape index (κ3) is 4.79. The molecule has 25 heavy (non-hydrogen) atoms. The average molecular weight is 342 g/mol. The molecule has 0 atom stereocenters. The summed E-state index contributed by atoms with van der Waals surface area (Å²) in [6.45, 7) is 7.73. The topological polar surface area (TPSA) is 81.4 Å². The fourth-order valence-electron chi connectivity index (χ4n) is 2.28. The van der Waals surface area contributed by atoms with E-state index in [1.54, 1.807) is 44.2 Å². The predicted octanol–water partition coefficient (Wildman–Crippen LogP) is 3.94. The standard InChI is InChI=1S/C19H22N2O4/c1-5-24-16(22)11-8-14-6-9-15(10-7-14)20-19(23)17-13(4)21-25-18(17)12(2)3/h6-12H,5H2,1-4H3,(H,20,23)/b11-8+. The lowest BCUT2D eigenvalue weighted by Gasteiger charge is -2.07. The highest BCUT2D eigenvalue weighted by atomic mass is 16.5. The maximum atomic E-state index is 12.5.